The van der Waals surface area contributed by atoms with Gasteiger partial charge in [0.1, 0.15) is 11.4 Å². The Morgan fingerprint density at radius 1 is 1.06 bits per heavy atom. The second kappa shape index (κ2) is 10.7. The molecule has 0 aliphatic carbocycles. The normalized spacial score (nSPS) is 14.4. The van der Waals surface area contributed by atoms with Gasteiger partial charge < -0.3 is 15.0 Å². The van der Waals surface area contributed by atoms with Gasteiger partial charge in [-0.1, -0.05) is 35.9 Å². The number of carbonyl (C=O) groups excluding carboxylic acids is 1. The lowest BCUT2D eigenvalue weighted by Crippen LogP contribution is -2.46. The Bertz CT molecular complexity index is 1100. The molecule has 33 heavy (non-hydrogen) atoms. The maximum atomic E-state index is 12.5. The molecule has 0 atom stereocenters. The molecule has 0 unspecified atom stereocenters. The summed E-state index contributed by atoms with van der Waals surface area (Å²) in [6.45, 7) is 7.94. The van der Waals surface area contributed by atoms with Crippen LogP contribution in [0.3, 0.4) is 0 Å². The number of rotatable bonds is 7. The van der Waals surface area contributed by atoms with Crippen molar-refractivity contribution < 1.29 is 9.53 Å². The van der Waals surface area contributed by atoms with Gasteiger partial charge in [0.05, 0.1) is 16.8 Å². The molecule has 0 radical (unpaired) electrons. The van der Waals surface area contributed by atoms with E-state index < -0.39 is 0 Å². The van der Waals surface area contributed by atoms with E-state index in [0.29, 0.717) is 16.4 Å². The summed E-state index contributed by atoms with van der Waals surface area (Å²) >= 11 is 6.28. The number of nitrogens with zero attached hydrogens (tertiary/aromatic N) is 3. The fraction of sp³-hybridized carbons (Fsp3) is 0.308. The fourth-order valence-corrected chi connectivity index (χ4v) is 4.11. The van der Waals surface area contributed by atoms with Crippen molar-refractivity contribution in [2.75, 3.05) is 36.4 Å². The number of esters is 1. The predicted molar refractivity (Wildman–Crippen MR) is 133 cm³/mol. The minimum Gasteiger partial charge on any atom is -0.459 e. The molecule has 1 N–H and O–H groups in total. The van der Waals surface area contributed by atoms with E-state index in [4.69, 9.17) is 16.3 Å². The lowest BCUT2D eigenvalue weighted by atomic mass is 10.1. The SMILES string of the molecule is CC(C)OC(=O)c1cccnc1N1CCN(Cc2cccc(Nc3ccccc3Cl)c2)CC1. The maximum Gasteiger partial charge on any atom is 0.342 e. The standard InChI is InChI=1S/C26H29ClN4O2/c1-19(2)33-26(32)22-9-6-12-28-25(22)31-15-13-30(14-16-31)18-20-7-5-8-21(17-20)29-24-11-4-3-10-23(24)27/h3-12,17,19,29H,13-16,18H2,1-2H3. The Morgan fingerprint density at radius 2 is 1.85 bits per heavy atom. The summed E-state index contributed by atoms with van der Waals surface area (Å²) in [6.07, 6.45) is 1.57. The van der Waals surface area contributed by atoms with Gasteiger partial charge in [0.15, 0.2) is 0 Å². The highest BCUT2D eigenvalue weighted by Crippen LogP contribution is 2.26. The number of anilines is 3. The summed E-state index contributed by atoms with van der Waals surface area (Å²) < 4.78 is 5.40. The van der Waals surface area contributed by atoms with Gasteiger partial charge in [-0.05, 0) is 55.8 Å². The van der Waals surface area contributed by atoms with Crippen LogP contribution in [0.2, 0.25) is 5.02 Å². The number of aromatic nitrogens is 1. The second-order valence-electron chi connectivity index (χ2n) is 8.40. The molecule has 2 heterocycles. The average Bonchev–Trinajstić information content (AvgIpc) is 2.81. The van der Waals surface area contributed by atoms with Crippen LogP contribution in [0.25, 0.3) is 0 Å². The van der Waals surface area contributed by atoms with Crippen molar-refractivity contribution in [1.82, 2.24) is 9.88 Å². The monoisotopic (exact) mass is 464 g/mol. The van der Waals surface area contributed by atoms with Crippen LogP contribution in [0.15, 0.2) is 66.9 Å². The number of hydrogen-bond acceptors (Lipinski definition) is 6. The van der Waals surface area contributed by atoms with Gasteiger partial charge in [0.2, 0.25) is 0 Å². The molecular weight excluding hydrogens is 436 g/mol. The lowest BCUT2D eigenvalue weighted by molar-refractivity contribution is 0.0378. The molecular formula is C26H29ClN4O2. The van der Waals surface area contributed by atoms with Crippen LogP contribution in [0, 0.1) is 0 Å². The number of halogens is 1. The Balaban J connectivity index is 1.37. The molecule has 1 aliphatic heterocycles. The van der Waals surface area contributed by atoms with E-state index in [1.807, 2.05) is 44.2 Å². The van der Waals surface area contributed by atoms with E-state index in [1.54, 1.807) is 18.3 Å². The number of ether oxygens (including phenoxy) is 1. The summed E-state index contributed by atoms with van der Waals surface area (Å²) in [5.41, 5.74) is 3.67. The summed E-state index contributed by atoms with van der Waals surface area (Å²) in [7, 11) is 0. The van der Waals surface area contributed by atoms with E-state index >= 15 is 0 Å². The van der Waals surface area contributed by atoms with Gasteiger partial charge in [0, 0.05) is 44.6 Å². The van der Waals surface area contributed by atoms with Crippen molar-refractivity contribution in [2.45, 2.75) is 26.5 Å². The largest absolute Gasteiger partial charge is 0.459 e. The zero-order valence-corrected chi connectivity index (χ0v) is 19.8. The quantitative estimate of drug-likeness (QED) is 0.474. The minimum atomic E-state index is -0.321. The molecule has 0 saturated carbocycles. The highest BCUT2D eigenvalue weighted by molar-refractivity contribution is 6.33. The molecule has 6 nitrogen and oxygen atoms in total. The molecule has 0 spiro atoms. The van der Waals surface area contributed by atoms with Crippen LogP contribution >= 0.6 is 11.6 Å². The van der Waals surface area contributed by atoms with Crippen molar-refractivity contribution in [2.24, 2.45) is 0 Å². The zero-order valence-electron chi connectivity index (χ0n) is 19.0. The molecule has 1 fully saturated rings. The number of para-hydroxylation sites is 1. The highest BCUT2D eigenvalue weighted by Gasteiger charge is 2.23. The Kier molecular flexibility index (Phi) is 7.47. The van der Waals surface area contributed by atoms with Crippen LogP contribution in [0.5, 0.6) is 0 Å². The van der Waals surface area contributed by atoms with E-state index in [0.717, 1.165) is 44.1 Å². The van der Waals surface area contributed by atoms with Gasteiger partial charge in [-0.2, -0.15) is 0 Å². The number of carbonyl (C=O) groups is 1. The number of nitrogens with one attached hydrogen (secondary N) is 1. The first-order valence-electron chi connectivity index (χ1n) is 11.2. The van der Waals surface area contributed by atoms with Gasteiger partial charge in [-0.25, -0.2) is 9.78 Å². The molecule has 7 heteroatoms. The first-order chi connectivity index (χ1) is 16.0. The van der Waals surface area contributed by atoms with E-state index in [1.165, 1.54) is 5.56 Å². The summed E-state index contributed by atoms with van der Waals surface area (Å²) in [5, 5.41) is 4.10. The summed E-state index contributed by atoms with van der Waals surface area (Å²) in [5.74, 6) is 0.382. The average molecular weight is 465 g/mol. The van der Waals surface area contributed by atoms with Gasteiger partial charge in [-0.15, -0.1) is 0 Å². The first-order valence-corrected chi connectivity index (χ1v) is 11.6. The highest BCUT2D eigenvalue weighted by atomic mass is 35.5. The van der Waals surface area contributed by atoms with Crippen molar-refractivity contribution >= 4 is 34.8 Å². The van der Waals surface area contributed by atoms with Crippen molar-refractivity contribution in [3.8, 4) is 0 Å². The third kappa shape index (κ3) is 6.03. The van der Waals surface area contributed by atoms with Crippen molar-refractivity contribution in [1.29, 1.82) is 0 Å². The topological polar surface area (TPSA) is 57.7 Å². The molecule has 2 aromatic carbocycles. The molecule has 172 valence electrons. The number of benzene rings is 2. The summed E-state index contributed by atoms with van der Waals surface area (Å²) in [6, 6.07) is 19.7. The van der Waals surface area contributed by atoms with Gasteiger partial charge >= 0.3 is 5.97 Å². The van der Waals surface area contributed by atoms with Gasteiger partial charge in [0.25, 0.3) is 0 Å². The molecule has 1 aliphatic rings. The lowest BCUT2D eigenvalue weighted by Gasteiger charge is -2.36. The predicted octanol–water partition coefficient (Wildman–Crippen LogP) is 5.37. The second-order valence-corrected chi connectivity index (χ2v) is 8.80. The smallest absolute Gasteiger partial charge is 0.342 e. The first kappa shape index (κ1) is 23.1. The number of pyridine rings is 1. The molecule has 0 amide bonds. The van der Waals surface area contributed by atoms with Crippen LogP contribution < -0.4 is 10.2 Å². The molecule has 1 saturated heterocycles. The van der Waals surface area contributed by atoms with Crippen LogP contribution in [-0.4, -0.2) is 48.1 Å². The fourth-order valence-electron chi connectivity index (χ4n) is 3.93. The van der Waals surface area contributed by atoms with Gasteiger partial charge in [-0.3, -0.25) is 4.90 Å². The Labute approximate surface area is 200 Å². The van der Waals surface area contributed by atoms with E-state index in [2.05, 4.69) is 38.3 Å². The molecule has 4 rings (SSSR count). The Morgan fingerprint density at radius 3 is 2.61 bits per heavy atom. The van der Waals surface area contributed by atoms with E-state index in [-0.39, 0.29) is 12.1 Å². The van der Waals surface area contributed by atoms with Crippen LogP contribution in [0.4, 0.5) is 17.2 Å². The number of piperazine rings is 1. The van der Waals surface area contributed by atoms with Crippen molar-refractivity contribution in [3.63, 3.8) is 0 Å². The minimum absolute atomic E-state index is 0.162. The molecule has 0 bridgehead atoms. The molecule has 1 aromatic heterocycles. The van der Waals surface area contributed by atoms with Crippen LogP contribution in [0.1, 0.15) is 29.8 Å². The van der Waals surface area contributed by atoms with Crippen molar-refractivity contribution in [3.05, 3.63) is 83.0 Å². The summed E-state index contributed by atoms with van der Waals surface area (Å²) in [4.78, 5) is 21.6. The molecule has 3 aromatic rings. The number of hydrogen-bond donors (Lipinski definition) is 1. The van der Waals surface area contributed by atoms with Crippen LogP contribution in [-0.2, 0) is 11.3 Å². The third-order valence-electron chi connectivity index (χ3n) is 5.51. The maximum absolute atomic E-state index is 12.5. The zero-order chi connectivity index (χ0) is 23.2. The third-order valence-corrected chi connectivity index (χ3v) is 5.84. The van der Waals surface area contributed by atoms with E-state index in [9.17, 15) is 4.79 Å². The Hall–Kier alpha value is -3.09.